The Labute approximate surface area is 240 Å². The summed E-state index contributed by atoms with van der Waals surface area (Å²) in [5, 5.41) is 15.6. The average molecular weight is 566 g/mol. The maximum absolute atomic E-state index is 14.0. The fourth-order valence-electron chi connectivity index (χ4n) is 4.17. The second-order valence-electron chi connectivity index (χ2n) is 10.8. The van der Waals surface area contributed by atoms with Crippen molar-refractivity contribution in [2.75, 3.05) is 12.4 Å². The number of halogens is 1. The van der Waals surface area contributed by atoms with E-state index in [-0.39, 0.29) is 12.2 Å². The summed E-state index contributed by atoms with van der Waals surface area (Å²) in [6, 6.07) is 16.8. The van der Waals surface area contributed by atoms with Gasteiger partial charge in [0.05, 0.1) is 10.7 Å². The predicted molar refractivity (Wildman–Crippen MR) is 156 cm³/mol. The molecule has 0 aliphatic heterocycles. The van der Waals surface area contributed by atoms with Gasteiger partial charge in [-0.05, 0) is 69.5 Å². The second kappa shape index (κ2) is 12.9. The van der Waals surface area contributed by atoms with E-state index in [9.17, 15) is 19.5 Å². The van der Waals surface area contributed by atoms with Crippen molar-refractivity contribution >= 4 is 35.2 Å². The van der Waals surface area contributed by atoms with Crippen LogP contribution in [-0.4, -0.2) is 46.6 Å². The molecule has 3 aromatic carbocycles. The molecule has 40 heavy (non-hydrogen) atoms. The van der Waals surface area contributed by atoms with E-state index in [1.807, 2.05) is 32.0 Å². The van der Waals surface area contributed by atoms with Gasteiger partial charge >= 0.3 is 6.09 Å². The van der Waals surface area contributed by atoms with Gasteiger partial charge in [0.25, 0.3) is 5.91 Å². The van der Waals surface area contributed by atoms with Crippen molar-refractivity contribution in [3.8, 4) is 5.75 Å². The van der Waals surface area contributed by atoms with Gasteiger partial charge in [0, 0.05) is 13.5 Å². The first-order valence-corrected chi connectivity index (χ1v) is 13.3. The Morgan fingerprint density at radius 1 is 0.975 bits per heavy atom. The van der Waals surface area contributed by atoms with E-state index in [0.717, 1.165) is 11.1 Å². The van der Waals surface area contributed by atoms with Gasteiger partial charge in [0.15, 0.2) is 0 Å². The lowest BCUT2D eigenvalue weighted by molar-refractivity contribution is -0.139. The van der Waals surface area contributed by atoms with Crippen molar-refractivity contribution in [1.29, 1.82) is 0 Å². The summed E-state index contributed by atoms with van der Waals surface area (Å²) in [6.45, 7) is 8.94. The number of para-hydroxylation sites is 1. The summed E-state index contributed by atoms with van der Waals surface area (Å²) in [6.07, 6.45) is -0.657. The standard InChI is InChI=1S/C31H36ClN3O5/c1-19-10-14-22(15-11-19)27(28(37)34-26-20(2)8-7-9-24(26)32)35(6)29(38)25(33-30(39)40-31(3,4)5)18-21-12-16-23(36)17-13-21/h7-17,25,27,36H,18H2,1-6H3,(H,33,39)(H,34,37). The van der Waals surface area contributed by atoms with Gasteiger partial charge in [-0.15, -0.1) is 0 Å². The number of anilines is 1. The molecule has 0 saturated carbocycles. The smallest absolute Gasteiger partial charge is 0.408 e. The molecule has 0 aliphatic rings. The maximum atomic E-state index is 14.0. The molecule has 3 aromatic rings. The van der Waals surface area contributed by atoms with Crippen LogP contribution in [0.25, 0.3) is 0 Å². The third-order valence-corrected chi connectivity index (χ3v) is 6.53. The molecule has 2 atom stereocenters. The largest absolute Gasteiger partial charge is 0.508 e. The minimum atomic E-state index is -1.06. The summed E-state index contributed by atoms with van der Waals surface area (Å²) in [7, 11) is 1.52. The van der Waals surface area contributed by atoms with E-state index >= 15 is 0 Å². The number of carbonyl (C=O) groups is 3. The van der Waals surface area contributed by atoms with Gasteiger partial charge in [-0.3, -0.25) is 9.59 Å². The molecule has 0 bridgehead atoms. The molecule has 8 nitrogen and oxygen atoms in total. The predicted octanol–water partition coefficient (Wildman–Crippen LogP) is 5.94. The van der Waals surface area contributed by atoms with E-state index in [1.54, 1.807) is 57.2 Å². The lowest BCUT2D eigenvalue weighted by atomic mass is 10.00. The highest BCUT2D eigenvalue weighted by atomic mass is 35.5. The van der Waals surface area contributed by atoms with Gasteiger partial charge < -0.3 is 25.4 Å². The highest BCUT2D eigenvalue weighted by molar-refractivity contribution is 6.34. The van der Waals surface area contributed by atoms with E-state index in [2.05, 4.69) is 10.6 Å². The molecule has 2 unspecified atom stereocenters. The molecule has 0 fully saturated rings. The van der Waals surface area contributed by atoms with Crippen molar-refractivity contribution in [3.63, 3.8) is 0 Å². The zero-order valence-corrected chi connectivity index (χ0v) is 24.4. The summed E-state index contributed by atoms with van der Waals surface area (Å²) >= 11 is 6.37. The van der Waals surface area contributed by atoms with E-state index < -0.39 is 35.6 Å². The average Bonchev–Trinajstić information content (AvgIpc) is 2.87. The van der Waals surface area contributed by atoms with Crippen molar-refractivity contribution < 1.29 is 24.2 Å². The van der Waals surface area contributed by atoms with Crippen LogP contribution in [0.2, 0.25) is 5.02 Å². The number of carbonyl (C=O) groups excluding carboxylic acids is 3. The normalized spacial score (nSPS) is 12.7. The number of phenolic OH excluding ortho intramolecular Hbond substituents is 1. The number of hydrogen-bond acceptors (Lipinski definition) is 5. The second-order valence-corrected chi connectivity index (χ2v) is 11.2. The van der Waals surface area contributed by atoms with Crippen LogP contribution in [0.5, 0.6) is 5.75 Å². The minimum absolute atomic E-state index is 0.0785. The van der Waals surface area contributed by atoms with Gasteiger partial charge in [0.1, 0.15) is 23.4 Å². The number of amides is 3. The Balaban J connectivity index is 1.97. The fourth-order valence-corrected chi connectivity index (χ4v) is 4.44. The lowest BCUT2D eigenvalue weighted by Crippen LogP contribution is -2.52. The van der Waals surface area contributed by atoms with E-state index in [0.29, 0.717) is 21.8 Å². The van der Waals surface area contributed by atoms with Crippen LogP contribution in [-0.2, 0) is 20.7 Å². The number of nitrogens with zero attached hydrogens (tertiary/aromatic N) is 1. The number of hydrogen-bond donors (Lipinski definition) is 3. The number of aryl methyl sites for hydroxylation is 2. The van der Waals surface area contributed by atoms with Crippen LogP contribution in [0.3, 0.4) is 0 Å². The Kier molecular flexibility index (Phi) is 9.82. The van der Waals surface area contributed by atoms with Crippen LogP contribution in [0, 0.1) is 13.8 Å². The number of benzene rings is 3. The Morgan fingerprint density at radius 2 is 1.60 bits per heavy atom. The van der Waals surface area contributed by atoms with Gasteiger partial charge in [-0.2, -0.15) is 0 Å². The Morgan fingerprint density at radius 3 is 2.17 bits per heavy atom. The number of alkyl carbamates (subject to hydrolysis) is 1. The van der Waals surface area contributed by atoms with Gasteiger partial charge in [-0.25, -0.2) is 4.79 Å². The fraction of sp³-hybridized carbons (Fsp3) is 0.323. The topological polar surface area (TPSA) is 108 Å². The maximum Gasteiger partial charge on any atom is 0.408 e. The van der Waals surface area contributed by atoms with Crippen molar-refractivity contribution in [2.24, 2.45) is 0 Å². The van der Waals surface area contributed by atoms with Crippen molar-refractivity contribution in [2.45, 2.75) is 58.7 Å². The molecular formula is C31H36ClN3O5. The number of likely N-dealkylation sites (N-methyl/N-ethyl adjacent to an activating group) is 1. The molecule has 3 rings (SSSR count). The highest BCUT2D eigenvalue weighted by Gasteiger charge is 2.34. The monoisotopic (exact) mass is 565 g/mol. The SMILES string of the molecule is Cc1ccc(C(C(=O)Nc2c(C)cccc2Cl)N(C)C(=O)C(Cc2ccc(O)cc2)NC(=O)OC(C)(C)C)cc1. The van der Waals surface area contributed by atoms with Crippen molar-refractivity contribution in [3.05, 3.63) is 94.0 Å². The number of phenols is 1. The molecule has 212 valence electrons. The summed E-state index contributed by atoms with van der Waals surface area (Å²) in [4.78, 5) is 41.8. The van der Waals surface area contributed by atoms with E-state index in [4.69, 9.17) is 16.3 Å². The van der Waals surface area contributed by atoms with Crippen LogP contribution in [0.1, 0.15) is 49.1 Å². The summed E-state index contributed by atoms with van der Waals surface area (Å²) in [5.41, 5.74) is 2.73. The molecule has 0 saturated heterocycles. The molecular weight excluding hydrogens is 530 g/mol. The molecule has 0 heterocycles. The number of aromatic hydroxyl groups is 1. The first kappa shape index (κ1) is 30.5. The zero-order chi connectivity index (χ0) is 29.6. The quantitative estimate of drug-likeness (QED) is 0.313. The van der Waals surface area contributed by atoms with E-state index in [1.165, 1.54) is 24.1 Å². The molecule has 0 aromatic heterocycles. The number of nitrogens with one attached hydrogen (secondary N) is 2. The molecule has 3 amide bonds. The number of ether oxygens (including phenoxy) is 1. The minimum Gasteiger partial charge on any atom is -0.508 e. The molecule has 0 spiro atoms. The van der Waals surface area contributed by atoms with Crippen LogP contribution in [0.4, 0.5) is 10.5 Å². The summed E-state index contributed by atoms with van der Waals surface area (Å²) < 4.78 is 5.41. The van der Waals surface area contributed by atoms with Crippen molar-refractivity contribution in [1.82, 2.24) is 10.2 Å². The number of rotatable bonds is 8. The highest BCUT2D eigenvalue weighted by Crippen LogP contribution is 2.29. The van der Waals surface area contributed by atoms with Gasteiger partial charge in [0.2, 0.25) is 5.91 Å². The van der Waals surface area contributed by atoms with Gasteiger partial charge in [-0.1, -0.05) is 65.7 Å². The first-order chi connectivity index (χ1) is 18.7. The summed E-state index contributed by atoms with van der Waals surface area (Å²) in [5.74, 6) is -0.887. The lowest BCUT2D eigenvalue weighted by Gasteiger charge is -2.32. The third kappa shape index (κ3) is 8.23. The van der Waals surface area contributed by atoms with Crippen LogP contribution >= 0.6 is 11.6 Å². The molecule has 3 N–H and O–H groups in total. The first-order valence-electron chi connectivity index (χ1n) is 12.9. The molecule has 0 radical (unpaired) electrons. The van der Waals surface area contributed by atoms with Crippen LogP contribution in [0.15, 0.2) is 66.7 Å². The zero-order valence-electron chi connectivity index (χ0n) is 23.6. The Bertz CT molecular complexity index is 1330. The molecule has 0 aliphatic carbocycles. The third-order valence-electron chi connectivity index (χ3n) is 6.21. The molecule has 9 heteroatoms. The Hall–Kier alpha value is -4.04. The van der Waals surface area contributed by atoms with Crippen LogP contribution < -0.4 is 10.6 Å².